The van der Waals surface area contributed by atoms with Crippen molar-refractivity contribution in [1.29, 1.82) is 0 Å². The molecule has 1 nitrogen and oxygen atoms in total. The second-order valence-corrected chi connectivity index (χ2v) is 4.64. The van der Waals surface area contributed by atoms with Crippen molar-refractivity contribution in [2.24, 2.45) is 0 Å². The van der Waals surface area contributed by atoms with Crippen molar-refractivity contribution in [3.63, 3.8) is 0 Å². The third-order valence-corrected chi connectivity index (χ3v) is 3.84. The summed E-state index contributed by atoms with van der Waals surface area (Å²) < 4.78 is 0. The van der Waals surface area contributed by atoms with Gasteiger partial charge in [-0.05, 0) is 42.4 Å². The highest BCUT2D eigenvalue weighted by molar-refractivity contribution is 5.31. The molecule has 0 saturated carbocycles. The molecule has 0 radical (unpaired) electrons. The lowest BCUT2D eigenvalue weighted by molar-refractivity contribution is 0.353. The molecule has 0 unspecified atom stereocenters. The third kappa shape index (κ3) is 2.78. The fraction of sp³-hybridized carbons (Fsp3) is 0.600. The van der Waals surface area contributed by atoms with E-state index in [0.29, 0.717) is 11.2 Å². The molecule has 1 rings (SSSR count). The van der Waals surface area contributed by atoms with Crippen LogP contribution in [0.2, 0.25) is 0 Å². The fourth-order valence-corrected chi connectivity index (χ4v) is 2.49. The second-order valence-electron chi connectivity index (χ2n) is 4.64. The minimum atomic E-state index is 0.309. The summed E-state index contributed by atoms with van der Waals surface area (Å²) in [4.78, 5) is 0. The molecule has 1 heteroatoms. The molecular formula is C15H24O. The SMILES string of the molecule is CCCCC(CC)(CC)c1ccc(O)cc1. The standard InChI is InChI=1S/C15H24O/c1-4-7-12-15(5-2,6-3)13-8-10-14(16)11-9-13/h8-11,16H,4-7,12H2,1-3H3. The second kappa shape index (κ2) is 5.93. The predicted octanol–water partition coefficient (Wildman–Crippen LogP) is 4.64. The van der Waals surface area contributed by atoms with Crippen LogP contribution in [-0.4, -0.2) is 5.11 Å². The molecule has 0 amide bonds. The molecule has 1 N–H and O–H groups in total. The van der Waals surface area contributed by atoms with Crippen molar-refractivity contribution in [2.75, 3.05) is 0 Å². The molecule has 0 aliphatic heterocycles. The number of hydrogen-bond acceptors (Lipinski definition) is 1. The van der Waals surface area contributed by atoms with Gasteiger partial charge in [-0.2, -0.15) is 0 Å². The normalized spacial score (nSPS) is 11.7. The first-order chi connectivity index (χ1) is 7.68. The van der Waals surface area contributed by atoms with Gasteiger partial charge in [0.2, 0.25) is 0 Å². The molecular weight excluding hydrogens is 196 g/mol. The first-order valence-corrected chi connectivity index (χ1v) is 6.48. The van der Waals surface area contributed by atoms with Crippen LogP contribution in [0.3, 0.4) is 0 Å². The van der Waals surface area contributed by atoms with Gasteiger partial charge in [-0.15, -0.1) is 0 Å². The molecule has 0 aromatic heterocycles. The average molecular weight is 220 g/mol. The molecule has 1 aromatic carbocycles. The van der Waals surface area contributed by atoms with Crippen LogP contribution in [-0.2, 0) is 5.41 Å². The maximum atomic E-state index is 9.34. The molecule has 0 fully saturated rings. The van der Waals surface area contributed by atoms with Crippen molar-refractivity contribution in [1.82, 2.24) is 0 Å². The Morgan fingerprint density at radius 2 is 1.56 bits per heavy atom. The van der Waals surface area contributed by atoms with Crippen LogP contribution < -0.4 is 0 Å². The van der Waals surface area contributed by atoms with Gasteiger partial charge in [0.15, 0.2) is 0 Å². The van der Waals surface area contributed by atoms with Crippen molar-refractivity contribution in [3.05, 3.63) is 29.8 Å². The smallest absolute Gasteiger partial charge is 0.115 e. The molecule has 16 heavy (non-hydrogen) atoms. The van der Waals surface area contributed by atoms with Gasteiger partial charge in [0.05, 0.1) is 0 Å². The molecule has 0 saturated heterocycles. The number of phenols is 1. The summed E-state index contributed by atoms with van der Waals surface area (Å²) in [7, 11) is 0. The van der Waals surface area contributed by atoms with Crippen LogP contribution in [0, 0.1) is 0 Å². The zero-order valence-corrected chi connectivity index (χ0v) is 10.8. The molecule has 0 bridgehead atoms. The summed E-state index contributed by atoms with van der Waals surface area (Å²) in [5, 5.41) is 9.34. The molecule has 0 heterocycles. The van der Waals surface area contributed by atoms with Crippen LogP contribution in [0.25, 0.3) is 0 Å². The van der Waals surface area contributed by atoms with Gasteiger partial charge in [0.25, 0.3) is 0 Å². The van der Waals surface area contributed by atoms with Crippen molar-refractivity contribution >= 4 is 0 Å². The zero-order chi connectivity index (χ0) is 12.0. The van der Waals surface area contributed by atoms with E-state index in [0.717, 1.165) is 0 Å². The van der Waals surface area contributed by atoms with Gasteiger partial charge in [0.1, 0.15) is 5.75 Å². The van der Waals surface area contributed by atoms with Crippen molar-refractivity contribution < 1.29 is 5.11 Å². The summed E-state index contributed by atoms with van der Waals surface area (Å²) in [6, 6.07) is 7.78. The maximum Gasteiger partial charge on any atom is 0.115 e. The van der Waals surface area contributed by atoms with Crippen molar-refractivity contribution in [2.45, 2.75) is 58.3 Å². The number of rotatable bonds is 6. The minimum absolute atomic E-state index is 0.309. The Labute approximate surface area is 99.5 Å². The van der Waals surface area contributed by atoms with E-state index in [4.69, 9.17) is 0 Å². The Morgan fingerprint density at radius 1 is 1.00 bits per heavy atom. The van der Waals surface area contributed by atoms with E-state index in [2.05, 4.69) is 32.9 Å². The third-order valence-electron chi connectivity index (χ3n) is 3.84. The van der Waals surface area contributed by atoms with Gasteiger partial charge in [-0.1, -0.05) is 45.7 Å². The topological polar surface area (TPSA) is 20.2 Å². The first-order valence-electron chi connectivity index (χ1n) is 6.48. The number of hydrogen-bond donors (Lipinski definition) is 1. The van der Waals surface area contributed by atoms with Crippen LogP contribution in [0.4, 0.5) is 0 Å². The Hall–Kier alpha value is -0.980. The monoisotopic (exact) mass is 220 g/mol. The number of phenolic OH excluding ortho intramolecular Hbond substituents is 1. The lowest BCUT2D eigenvalue weighted by Crippen LogP contribution is -2.24. The Morgan fingerprint density at radius 3 is 2.00 bits per heavy atom. The number of aromatic hydroxyl groups is 1. The lowest BCUT2D eigenvalue weighted by atomic mass is 9.72. The molecule has 0 aliphatic rings. The Balaban J connectivity index is 2.95. The molecule has 90 valence electrons. The van der Waals surface area contributed by atoms with E-state index in [1.807, 2.05) is 0 Å². The van der Waals surface area contributed by atoms with E-state index in [-0.39, 0.29) is 0 Å². The van der Waals surface area contributed by atoms with Crippen molar-refractivity contribution in [3.8, 4) is 5.75 Å². The van der Waals surface area contributed by atoms with Gasteiger partial charge in [-0.25, -0.2) is 0 Å². The molecule has 0 atom stereocenters. The predicted molar refractivity (Wildman–Crippen MR) is 69.9 cm³/mol. The van der Waals surface area contributed by atoms with E-state index < -0.39 is 0 Å². The summed E-state index contributed by atoms with van der Waals surface area (Å²) >= 11 is 0. The van der Waals surface area contributed by atoms with Crippen LogP contribution in [0.15, 0.2) is 24.3 Å². The highest BCUT2D eigenvalue weighted by Gasteiger charge is 2.27. The van der Waals surface area contributed by atoms with Crippen LogP contribution >= 0.6 is 0 Å². The van der Waals surface area contributed by atoms with E-state index in [1.54, 1.807) is 12.1 Å². The summed E-state index contributed by atoms with van der Waals surface area (Å²) in [6.45, 7) is 6.78. The van der Waals surface area contributed by atoms with E-state index in [1.165, 1.54) is 37.7 Å². The zero-order valence-electron chi connectivity index (χ0n) is 10.8. The minimum Gasteiger partial charge on any atom is -0.508 e. The van der Waals surface area contributed by atoms with E-state index >= 15 is 0 Å². The van der Waals surface area contributed by atoms with Crippen LogP contribution in [0.5, 0.6) is 5.75 Å². The molecule has 1 aromatic rings. The van der Waals surface area contributed by atoms with Crippen LogP contribution in [0.1, 0.15) is 58.4 Å². The number of benzene rings is 1. The van der Waals surface area contributed by atoms with Gasteiger partial charge >= 0.3 is 0 Å². The summed E-state index contributed by atoms with van der Waals surface area (Å²) in [5.41, 5.74) is 1.69. The largest absolute Gasteiger partial charge is 0.508 e. The van der Waals surface area contributed by atoms with E-state index in [9.17, 15) is 5.11 Å². The molecule has 0 aliphatic carbocycles. The summed E-state index contributed by atoms with van der Waals surface area (Å²) in [5.74, 6) is 0.361. The summed E-state index contributed by atoms with van der Waals surface area (Å²) in [6.07, 6.45) is 6.13. The first kappa shape index (κ1) is 13.1. The van der Waals surface area contributed by atoms with Gasteiger partial charge < -0.3 is 5.11 Å². The van der Waals surface area contributed by atoms with Gasteiger partial charge in [-0.3, -0.25) is 0 Å². The Bertz CT molecular complexity index is 296. The average Bonchev–Trinajstić information content (AvgIpc) is 2.33. The fourth-order valence-electron chi connectivity index (χ4n) is 2.49. The highest BCUT2D eigenvalue weighted by atomic mass is 16.3. The number of unbranched alkanes of at least 4 members (excludes halogenated alkanes) is 1. The molecule has 0 spiro atoms. The van der Waals surface area contributed by atoms with Gasteiger partial charge in [0, 0.05) is 0 Å². The quantitative estimate of drug-likeness (QED) is 0.740. The maximum absolute atomic E-state index is 9.34. The highest BCUT2D eigenvalue weighted by Crippen LogP contribution is 2.37. The Kier molecular flexibility index (Phi) is 4.85. The lowest BCUT2D eigenvalue weighted by Gasteiger charge is -2.32.